The molecule has 0 atom stereocenters. The smallest absolute Gasteiger partial charge is 0.271 e. The van der Waals surface area contributed by atoms with Gasteiger partial charge in [0.25, 0.3) is 11.6 Å². The second kappa shape index (κ2) is 5.78. The van der Waals surface area contributed by atoms with Crippen LogP contribution in [0.2, 0.25) is 0 Å². The van der Waals surface area contributed by atoms with Crippen LogP contribution in [0.4, 0.5) is 11.4 Å². The van der Waals surface area contributed by atoms with Gasteiger partial charge < -0.3 is 4.90 Å². The summed E-state index contributed by atoms with van der Waals surface area (Å²) < 4.78 is 1.46. The molecule has 124 valence electrons. The van der Waals surface area contributed by atoms with Gasteiger partial charge in [0.05, 0.1) is 16.3 Å². The topological polar surface area (TPSA) is 107 Å². The van der Waals surface area contributed by atoms with Crippen molar-refractivity contribution in [3.8, 4) is 5.69 Å². The summed E-state index contributed by atoms with van der Waals surface area (Å²) >= 11 is 0. The van der Waals surface area contributed by atoms with Gasteiger partial charge in [-0.3, -0.25) is 14.9 Å². The Morgan fingerprint density at radius 3 is 2.84 bits per heavy atom. The molecule has 0 saturated carbocycles. The summed E-state index contributed by atoms with van der Waals surface area (Å²) in [7, 11) is 0. The quantitative estimate of drug-likeness (QED) is 0.533. The predicted molar refractivity (Wildman–Crippen MR) is 87.6 cm³/mol. The zero-order chi connectivity index (χ0) is 17.4. The minimum atomic E-state index is -0.459. The lowest BCUT2D eigenvalue weighted by Crippen LogP contribution is -2.29. The lowest BCUT2D eigenvalue weighted by Gasteiger charge is -2.17. The van der Waals surface area contributed by atoms with Crippen molar-refractivity contribution in [1.29, 1.82) is 0 Å². The summed E-state index contributed by atoms with van der Waals surface area (Å²) in [6.45, 7) is 0.491. The SMILES string of the molecule is O=C(c1cccc(-n2cnnn2)c1)N1CCc2ccc([N+](=O)[O-])cc21. The standard InChI is InChI=1S/C16H12N6O3/c23-16(12-2-1-3-13(8-12)21-10-17-18-19-21)20-7-6-11-4-5-14(22(24)25)9-15(11)20/h1-5,8-10H,6-7H2. The van der Waals surface area contributed by atoms with Gasteiger partial charge in [-0.25, -0.2) is 4.68 Å². The Morgan fingerprint density at radius 2 is 2.08 bits per heavy atom. The van der Waals surface area contributed by atoms with Crippen LogP contribution < -0.4 is 4.90 Å². The van der Waals surface area contributed by atoms with Crippen molar-refractivity contribution < 1.29 is 9.72 Å². The van der Waals surface area contributed by atoms with Crippen LogP contribution in [0.1, 0.15) is 15.9 Å². The summed E-state index contributed by atoms with van der Waals surface area (Å²) in [6.07, 6.45) is 2.11. The second-order valence-corrected chi connectivity index (χ2v) is 5.58. The molecule has 0 unspecified atom stereocenters. The lowest BCUT2D eigenvalue weighted by atomic mass is 10.1. The molecule has 0 bridgehead atoms. The molecule has 2 aromatic carbocycles. The number of hydrogen-bond acceptors (Lipinski definition) is 6. The Bertz CT molecular complexity index is 970. The molecule has 2 heterocycles. The number of nitro groups is 1. The Morgan fingerprint density at radius 1 is 1.20 bits per heavy atom. The molecule has 4 rings (SSSR count). The van der Waals surface area contributed by atoms with Crippen molar-refractivity contribution >= 4 is 17.3 Å². The van der Waals surface area contributed by atoms with E-state index in [1.165, 1.54) is 23.1 Å². The molecule has 0 fully saturated rings. The van der Waals surface area contributed by atoms with Crippen molar-refractivity contribution in [1.82, 2.24) is 20.2 Å². The molecule has 25 heavy (non-hydrogen) atoms. The van der Waals surface area contributed by atoms with Crippen LogP contribution in [0, 0.1) is 10.1 Å². The van der Waals surface area contributed by atoms with E-state index in [0.717, 1.165) is 5.56 Å². The summed E-state index contributed by atoms with van der Waals surface area (Å²) in [5.74, 6) is -0.214. The Balaban J connectivity index is 1.69. The molecule has 0 saturated heterocycles. The van der Waals surface area contributed by atoms with Crippen molar-refractivity contribution in [3.05, 3.63) is 70.0 Å². The van der Waals surface area contributed by atoms with Crippen LogP contribution in [0.15, 0.2) is 48.8 Å². The van der Waals surface area contributed by atoms with E-state index in [4.69, 9.17) is 0 Å². The summed E-state index contributed by atoms with van der Waals surface area (Å²) in [6, 6.07) is 11.5. The molecule has 3 aromatic rings. The number of carbonyl (C=O) groups excluding carboxylic acids is 1. The van der Waals surface area contributed by atoms with E-state index >= 15 is 0 Å². The summed E-state index contributed by atoms with van der Waals surface area (Å²) in [5.41, 5.74) is 2.62. The number of hydrogen-bond donors (Lipinski definition) is 0. The number of amides is 1. The number of carbonyl (C=O) groups is 1. The van der Waals surface area contributed by atoms with Crippen LogP contribution in [-0.4, -0.2) is 37.6 Å². The molecule has 0 radical (unpaired) electrons. The molecular formula is C16H12N6O3. The van der Waals surface area contributed by atoms with Gasteiger partial charge in [0.15, 0.2) is 0 Å². The van der Waals surface area contributed by atoms with Gasteiger partial charge in [0.2, 0.25) is 0 Å². The maximum absolute atomic E-state index is 12.9. The fourth-order valence-corrected chi connectivity index (χ4v) is 2.91. The van der Waals surface area contributed by atoms with E-state index in [-0.39, 0.29) is 11.6 Å². The number of fused-ring (bicyclic) bond motifs is 1. The zero-order valence-electron chi connectivity index (χ0n) is 12.9. The minimum Gasteiger partial charge on any atom is -0.307 e. The molecule has 1 aromatic heterocycles. The largest absolute Gasteiger partial charge is 0.307 e. The molecule has 1 amide bonds. The highest BCUT2D eigenvalue weighted by Gasteiger charge is 2.27. The maximum Gasteiger partial charge on any atom is 0.271 e. The first-order valence-corrected chi connectivity index (χ1v) is 7.56. The van der Waals surface area contributed by atoms with Crippen molar-refractivity contribution in [2.75, 3.05) is 11.4 Å². The summed E-state index contributed by atoms with van der Waals surface area (Å²) in [4.78, 5) is 25.0. The highest BCUT2D eigenvalue weighted by atomic mass is 16.6. The van der Waals surface area contributed by atoms with Gasteiger partial charge in [0.1, 0.15) is 6.33 Å². The molecule has 0 aliphatic carbocycles. The monoisotopic (exact) mass is 336 g/mol. The van der Waals surface area contributed by atoms with Gasteiger partial charge >= 0.3 is 0 Å². The van der Waals surface area contributed by atoms with E-state index < -0.39 is 4.92 Å². The number of rotatable bonds is 3. The molecule has 9 nitrogen and oxygen atoms in total. The molecule has 0 spiro atoms. The third-order valence-corrected chi connectivity index (χ3v) is 4.13. The fraction of sp³-hybridized carbons (Fsp3) is 0.125. The van der Waals surface area contributed by atoms with E-state index in [9.17, 15) is 14.9 Å². The number of tetrazole rings is 1. The maximum atomic E-state index is 12.9. The van der Waals surface area contributed by atoms with Crippen LogP contribution in [0.3, 0.4) is 0 Å². The number of anilines is 1. The Labute approximate surface area is 141 Å². The van der Waals surface area contributed by atoms with Gasteiger partial charge in [-0.2, -0.15) is 0 Å². The Hall–Kier alpha value is -3.62. The lowest BCUT2D eigenvalue weighted by molar-refractivity contribution is -0.384. The molecule has 9 heteroatoms. The third-order valence-electron chi connectivity index (χ3n) is 4.13. The third kappa shape index (κ3) is 2.61. The fourth-order valence-electron chi connectivity index (χ4n) is 2.91. The van der Waals surface area contributed by atoms with Crippen LogP contribution in [-0.2, 0) is 6.42 Å². The van der Waals surface area contributed by atoms with Crippen LogP contribution in [0.5, 0.6) is 0 Å². The van der Waals surface area contributed by atoms with Crippen molar-refractivity contribution in [2.24, 2.45) is 0 Å². The zero-order valence-corrected chi connectivity index (χ0v) is 12.9. The van der Waals surface area contributed by atoms with Crippen molar-refractivity contribution in [2.45, 2.75) is 6.42 Å². The predicted octanol–water partition coefficient (Wildman–Crippen LogP) is 1.77. The highest BCUT2D eigenvalue weighted by Crippen LogP contribution is 2.32. The number of aromatic nitrogens is 4. The van der Waals surface area contributed by atoms with E-state index in [0.29, 0.717) is 29.9 Å². The van der Waals surface area contributed by atoms with Gasteiger partial charge in [-0.05, 0) is 40.6 Å². The Kier molecular flexibility index (Phi) is 3.46. The van der Waals surface area contributed by atoms with E-state index in [1.54, 1.807) is 35.2 Å². The van der Waals surface area contributed by atoms with E-state index in [1.807, 2.05) is 0 Å². The van der Waals surface area contributed by atoms with Gasteiger partial charge in [-0.1, -0.05) is 12.1 Å². The average molecular weight is 336 g/mol. The molecule has 0 N–H and O–H groups in total. The number of non-ortho nitro benzene ring substituents is 1. The average Bonchev–Trinajstić information content (AvgIpc) is 3.30. The molecule has 1 aliphatic heterocycles. The second-order valence-electron chi connectivity index (χ2n) is 5.58. The van der Waals surface area contributed by atoms with E-state index in [2.05, 4.69) is 15.5 Å². The normalized spacial score (nSPS) is 12.9. The minimum absolute atomic E-state index is 0.0270. The number of benzene rings is 2. The first-order chi connectivity index (χ1) is 12.1. The first kappa shape index (κ1) is 14.9. The van der Waals surface area contributed by atoms with Gasteiger partial charge in [-0.15, -0.1) is 5.10 Å². The molecule has 1 aliphatic rings. The number of nitrogens with zero attached hydrogens (tertiary/aromatic N) is 6. The highest BCUT2D eigenvalue weighted by molar-refractivity contribution is 6.07. The van der Waals surface area contributed by atoms with Crippen LogP contribution in [0.25, 0.3) is 5.69 Å². The van der Waals surface area contributed by atoms with Crippen LogP contribution >= 0.6 is 0 Å². The summed E-state index contributed by atoms with van der Waals surface area (Å²) in [5, 5.41) is 22.0. The molecular weight excluding hydrogens is 324 g/mol. The first-order valence-electron chi connectivity index (χ1n) is 7.56. The number of nitro benzene ring substituents is 1. The van der Waals surface area contributed by atoms with Crippen molar-refractivity contribution in [3.63, 3.8) is 0 Å². The van der Waals surface area contributed by atoms with Gasteiger partial charge in [0, 0.05) is 24.2 Å².